The Hall–Kier alpha value is -0.870. The summed E-state index contributed by atoms with van der Waals surface area (Å²) in [6.45, 7) is 4.46. The number of carbonyl (C=O) groups excluding carboxylic acids is 1. The molecule has 0 aliphatic carbocycles. The highest BCUT2D eigenvalue weighted by Crippen LogP contribution is 1.96. The van der Waals surface area contributed by atoms with Gasteiger partial charge in [0.15, 0.2) is 0 Å². The number of ether oxygens (including phenoxy) is 1. The van der Waals surface area contributed by atoms with Crippen molar-refractivity contribution in [1.29, 1.82) is 0 Å². The minimum Gasteiger partial charge on any atom is -0.468 e. The summed E-state index contributed by atoms with van der Waals surface area (Å²) in [5.41, 5.74) is 0. The standard InChI is InChI=1S/C10H19NO3/c1-3-6-9(10(13)14-2)11-7-4-5-8-12/h3,9,11-12H,1,4-8H2,2H3. The maximum Gasteiger partial charge on any atom is 0.323 e. The Morgan fingerprint density at radius 3 is 2.86 bits per heavy atom. The highest BCUT2D eigenvalue weighted by atomic mass is 16.5. The first-order chi connectivity index (χ1) is 6.76. The van der Waals surface area contributed by atoms with Gasteiger partial charge in [-0.25, -0.2) is 0 Å². The molecule has 0 fully saturated rings. The SMILES string of the molecule is C=CCC(NCCCCO)C(=O)OC. The molecule has 0 aliphatic heterocycles. The minimum absolute atomic E-state index is 0.187. The third kappa shape index (κ3) is 5.72. The molecule has 0 radical (unpaired) electrons. The van der Waals surface area contributed by atoms with E-state index in [0.717, 1.165) is 12.8 Å². The fourth-order valence-corrected chi connectivity index (χ4v) is 1.08. The second-order valence-corrected chi connectivity index (χ2v) is 2.98. The van der Waals surface area contributed by atoms with Crippen LogP contribution in [0, 0.1) is 0 Å². The molecule has 1 unspecified atom stereocenters. The van der Waals surface area contributed by atoms with E-state index < -0.39 is 0 Å². The van der Waals surface area contributed by atoms with Crippen molar-refractivity contribution in [2.24, 2.45) is 0 Å². The number of esters is 1. The average molecular weight is 201 g/mol. The Labute approximate surface area is 85.0 Å². The number of aliphatic hydroxyl groups excluding tert-OH is 1. The van der Waals surface area contributed by atoms with Crippen LogP contribution in [-0.4, -0.2) is 37.4 Å². The molecule has 4 nitrogen and oxygen atoms in total. The largest absolute Gasteiger partial charge is 0.468 e. The van der Waals surface area contributed by atoms with E-state index in [2.05, 4.69) is 16.6 Å². The van der Waals surface area contributed by atoms with Gasteiger partial charge in [-0.15, -0.1) is 6.58 Å². The number of hydrogen-bond donors (Lipinski definition) is 2. The maximum absolute atomic E-state index is 11.2. The summed E-state index contributed by atoms with van der Waals surface area (Å²) in [6.07, 6.45) is 3.84. The molecule has 0 aromatic heterocycles. The Balaban J connectivity index is 3.72. The maximum atomic E-state index is 11.2. The number of nitrogens with one attached hydrogen (secondary N) is 1. The molecule has 0 rings (SSSR count). The highest BCUT2D eigenvalue weighted by Gasteiger charge is 2.15. The van der Waals surface area contributed by atoms with Gasteiger partial charge in [0.1, 0.15) is 6.04 Å². The number of carbonyl (C=O) groups is 1. The predicted octanol–water partition coefficient (Wildman–Crippen LogP) is 0.466. The summed E-state index contributed by atoms with van der Waals surface area (Å²) < 4.78 is 4.62. The molecule has 2 N–H and O–H groups in total. The van der Waals surface area contributed by atoms with E-state index in [-0.39, 0.29) is 18.6 Å². The Morgan fingerprint density at radius 2 is 2.36 bits per heavy atom. The molecule has 4 heteroatoms. The van der Waals surface area contributed by atoms with Crippen molar-refractivity contribution < 1.29 is 14.6 Å². The lowest BCUT2D eigenvalue weighted by atomic mass is 10.2. The molecule has 82 valence electrons. The number of methoxy groups -OCH3 is 1. The van der Waals surface area contributed by atoms with Crippen LogP contribution in [0.3, 0.4) is 0 Å². The van der Waals surface area contributed by atoms with Crippen molar-refractivity contribution in [2.45, 2.75) is 25.3 Å². The van der Waals surface area contributed by atoms with Gasteiger partial charge in [0.25, 0.3) is 0 Å². The van der Waals surface area contributed by atoms with E-state index in [9.17, 15) is 4.79 Å². The quantitative estimate of drug-likeness (QED) is 0.340. The van der Waals surface area contributed by atoms with Crippen LogP contribution in [0.25, 0.3) is 0 Å². The van der Waals surface area contributed by atoms with Crippen molar-refractivity contribution in [1.82, 2.24) is 5.32 Å². The lowest BCUT2D eigenvalue weighted by Crippen LogP contribution is -2.37. The topological polar surface area (TPSA) is 58.6 Å². The zero-order chi connectivity index (χ0) is 10.8. The van der Waals surface area contributed by atoms with Crippen LogP contribution in [0.15, 0.2) is 12.7 Å². The molecule has 0 aliphatic rings. The van der Waals surface area contributed by atoms with Crippen molar-refractivity contribution in [3.05, 3.63) is 12.7 Å². The normalized spacial score (nSPS) is 12.1. The molecule has 14 heavy (non-hydrogen) atoms. The number of rotatable bonds is 8. The van der Waals surface area contributed by atoms with Crippen LogP contribution in [0.1, 0.15) is 19.3 Å². The van der Waals surface area contributed by atoms with Gasteiger partial charge < -0.3 is 15.2 Å². The summed E-state index contributed by atoms with van der Waals surface area (Å²) >= 11 is 0. The van der Waals surface area contributed by atoms with Gasteiger partial charge in [0.05, 0.1) is 7.11 Å². The molecule has 0 spiro atoms. The van der Waals surface area contributed by atoms with E-state index in [1.807, 2.05) is 0 Å². The Kier molecular flexibility index (Phi) is 8.17. The zero-order valence-corrected chi connectivity index (χ0v) is 8.66. The second-order valence-electron chi connectivity index (χ2n) is 2.98. The zero-order valence-electron chi connectivity index (χ0n) is 8.66. The number of unbranched alkanes of at least 4 members (excludes halogenated alkanes) is 1. The van der Waals surface area contributed by atoms with Crippen LogP contribution < -0.4 is 5.32 Å². The van der Waals surface area contributed by atoms with Gasteiger partial charge >= 0.3 is 5.97 Å². The summed E-state index contributed by atoms with van der Waals surface area (Å²) in [6, 6.07) is -0.309. The van der Waals surface area contributed by atoms with Crippen LogP contribution in [0.5, 0.6) is 0 Å². The van der Waals surface area contributed by atoms with Gasteiger partial charge in [-0.2, -0.15) is 0 Å². The van der Waals surface area contributed by atoms with Crippen LogP contribution in [0.4, 0.5) is 0 Å². The molecule has 0 saturated heterocycles. The third-order valence-corrected chi connectivity index (χ3v) is 1.86. The highest BCUT2D eigenvalue weighted by molar-refractivity contribution is 5.75. The van der Waals surface area contributed by atoms with E-state index >= 15 is 0 Å². The van der Waals surface area contributed by atoms with Gasteiger partial charge in [-0.1, -0.05) is 6.08 Å². The summed E-state index contributed by atoms with van der Waals surface area (Å²) in [4.78, 5) is 11.2. The first kappa shape index (κ1) is 13.1. The molecular formula is C10H19NO3. The van der Waals surface area contributed by atoms with Crippen molar-refractivity contribution in [2.75, 3.05) is 20.3 Å². The fourth-order valence-electron chi connectivity index (χ4n) is 1.08. The first-order valence-corrected chi connectivity index (χ1v) is 4.79. The Morgan fingerprint density at radius 1 is 1.64 bits per heavy atom. The van der Waals surface area contributed by atoms with Crippen molar-refractivity contribution in [3.8, 4) is 0 Å². The molecule has 0 bridgehead atoms. The van der Waals surface area contributed by atoms with Crippen molar-refractivity contribution in [3.63, 3.8) is 0 Å². The molecule has 0 aromatic rings. The molecule has 1 atom stereocenters. The number of hydrogen-bond acceptors (Lipinski definition) is 4. The molecule has 0 aromatic carbocycles. The van der Waals surface area contributed by atoms with Crippen molar-refractivity contribution >= 4 is 5.97 Å². The average Bonchev–Trinajstić information content (AvgIpc) is 2.21. The lowest BCUT2D eigenvalue weighted by Gasteiger charge is -2.14. The molecule has 0 saturated carbocycles. The van der Waals surface area contributed by atoms with Gasteiger partial charge in [-0.05, 0) is 25.8 Å². The van der Waals surface area contributed by atoms with E-state index in [1.54, 1.807) is 6.08 Å². The molecule has 0 amide bonds. The van der Waals surface area contributed by atoms with Gasteiger partial charge in [0.2, 0.25) is 0 Å². The summed E-state index contributed by atoms with van der Waals surface area (Å²) in [5, 5.41) is 11.6. The second kappa shape index (κ2) is 8.72. The Bertz CT molecular complexity index is 171. The summed E-state index contributed by atoms with van der Waals surface area (Å²) in [7, 11) is 1.37. The van der Waals surface area contributed by atoms with E-state index in [0.29, 0.717) is 13.0 Å². The van der Waals surface area contributed by atoms with Crippen LogP contribution in [0.2, 0.25) is 0 Å². The van der Waals surface area contributed by atoms with Gasteiger partial charge in [-0.3, -0.25) is 4.79 Å². The first-order valence-electron chi connectivity index (χ1n) is 4.79. The third-order valence-electron chi connectivity index (χ3n) is 1.86. The predicted molar refractivity (Wildman–Crippen MR) is 54.9 cm³/mol. The monoisotopic (exact) mass is 201 g/mol. The van der Waals surface area contributed by atoms with Gasteiger partial charge in [0, 0.05) is 6.61 Å². The van der Waals surface area contributed by atoms with E-state index in [1.165, 1.54) is 7.11 Å². The molecular weight excluding hydrogens is 182 g/mol. The fraction of sp³-hybridized carbons (Fsp3) is 0.700. The smallest absolute Gasteiger partial charge is 0.323 e. The minimum atomic E-state index is -0.309. The van der Waals surface area contributed by atoms with Crippen LogP contribution in [-0.2, 0) is 9.53 Å². The number of aliphatic hydroxyl groups is 1. The van der Waals surface area contributed by atoms with E-state index in [4.69, 9.17) is 5.11 Å². The molecule has 0 heterocycles. The van der Waals surface area contributed by atoms with Crippen LogP contribution >= 0.6 is 0 Å². The lowest BCUT2D eigenvalue weighted by molar-refractivity contribution is -0.143. The summed E-state index contributed by atoms with van der Waals surface area (Å²) in [5.74, 6) is -0.270.